The minimum Gasteiger partial charge on any atom is -0.443 e. The van der Waals surface area contributed by atoms with Gasteiger partial charge in [-0.15, -0.1) is 0 Å². The number of carbonyl (C=O) groups is 1. The number of nitrogens with one attached hydrogen (secondary N) is 2. The largest absolute Gasteiger partial charge is 0.443 e. The molecule has 0 aliphatic carbocycles. The van der Waals surface area contributed by atoms with Crippen LogP contribution in [0.1, 0.15) is 56.6 Å². The van der Waals surface area contributed by atoms with Crippen LogP contribution in [0, 0.1) is 0 Å². The quantitative estimate of drug-likeness (QED) is 0.482. The van der Waals surface area contributed by atoms with Crippen molar-refractivity contribution < 1.29 is 22.7 Å². The number of nitrogens with zero attached hydrogens (tertiary/aromatic N) is 4. The highest BCUT2D eigenvalue weighted by molar-refractivity contribution is 5.70. The number of ether oxygens (including phenoxy) is 1. The number of hydrogen-bond donors (Lipinski definition) is 2. The highest BCUT2D eigenvalue weighted by atomic mass is 19.4. The Hall–Kier alpha value is -3.34. The number of benzene rings is 1. The zero-order chi connectivity index (χ0) is 26.6. The Balaban J connectivity index is 1.27. The summed E-state index contributed by atoms with van der Waals surface area (Å²) in [5.41, 5.74) is 2.13. The van der Waals surface area contributed by atoms with Gasteiger partial charge in [0, 0.05) is 48.4 Å². The number of anilines is 1. The van der Waals surface area contributed by atoms with Gasteiger partial charge in [0.25, 0.3) is 0 Å². The Labute approximate surface area is 218 Å². The number of carbonyl (C=O) groups excluding carboxylic acids is 1. The predicted molar refractivity (Wildman–Crippen MR) is 136 cm³/mol. The van der Waals surface area contributed by atoms with Gasteiger partial charge in [-0.25, -0.2) is 9.78 Å². The fraction of sp³-hybridized carbons (Fsp3) is 0.519. The molecule has 2 bridgehead atoms. The molecule has 5 heterocycles. The van der Waals surface area contributed by atoms with Crippen LogP contribution in [0.5, 0.6) is 0 Å². The summed E-state index contributed by atoms with van der Waals surface area (Å²) in [5.74, 6) is 0.907. The summed E-state index contributed by atoms with van der Waals surface area (Å²) in [6.07, 6.45) is 0.610. The first-order chi connectivity index (χ1) is 18.2. The maximum absolute atomic E-state index is 13.1. The fourth-order valence-corrected chi connectivity index (χ4v) is 5.82. The average Bonchev–Trinajstić information content (AvgIpc) is 3.40. The van der Waals surface area contributed by atoms with Crippen LogP contribution in [-0.4, -0.2) is 62.9 Å². The molecule has 1 aromatic carbocycles. The second-order valence-corrected chi connectivity index (χ2v) is 10.9. The number of rotatable bonds is 5. The summed E-state index contributed by atoms with van der Waals surface area (Å²) in [7, 11) is 0. The average molecular weight is 529 g/mol. The maximum atomic E-state index is 13.1. The van der Waals surface area contributed by atoms with E-state index in [9.17, 15) is 18.0 Å². The van der Waals surface area contributed by atoms with Gasteiger partial charge in [-0.1, -0.05) is 26.0 Å². The van der Waals surface area contributed by atoms with E-state index in [1.807, 2.05) is 11.0 Å². The second-order valence-electron chi connectivity index (χ2n) is 10.9. The van der Waals surface area contributed by atoms with E-state index in [0.717, 1.165) is 49.2 Å². The van der Waals surface area contributed by atoms with Gasteiger partial charge in [-0.3, -0.25) is 0 Å². The summed E-state index contributed by atoms with van der Waals surface area (Å²) in [6, 6.07) is 7.26. The van der Waals surface area contributed by atoms with Crippen LogP contribution in [0.3, 0.4) is 0 Å². The molecule has 2 atom stereocenters. The Morgan fingerprint density at radius 1 is 1.13 bits per heavy atom. The third-order valence-electron chi connectivity index (χ3n) is 7.94. The van der Waals surface area contributed by atoms with Gasteiger partial charge in [0.2, 0.25) is 0 Å². The minimum atomic E-state index is -4.39. The number of alkyl halides is 3. The van der Waals surface area contributed by atoms with Crippen molar-refractivity contribution in [3.63, 3.8) is 0 Å². The SMILES string of the molecule is CC(C)c1cnn2c(NC3CC4CCC(C3)N4C(=O)OC3CNC3)cc(-c3ccc(C(F)(F)F)cc3)nc12. The lowest BCUT2D eigenvalue weighted by atomic mass is 9.97. The van der Waals surface area contributed by atoms with Gasteiger partial charge in [-0.05, 0) is 43.7 Å². The molecule has 202 valence electrons. The molecule has 2 N–H and O–H groups in total. The van der Waals surface area contributed by atoms with E-state index in [1.165, 1.54) is 12.1 Å². The Morgan fingerprint density at radius 2 is 1.82 bits per heavy atom. The first-order valence-corrected chi connectivity index (χ1v) is 13.2. The summed E-state index contributed by atoms with van der Waals surface area (Å²) >= 11 is 0. The predicted octanol–water partition coefficient (Wildman–Crippen LogP) is 5.05. The third-order valence-corrected chi connectivity index (χ3v) is 7.94. The van der Waals surface area contributed by atoms with Gasteiger partial charge < -0.3 is 20.3 Å². The fourth-order valence-electron chi connectivity index (χ4n) is 5.82. The molecule has 3 aromatic rings. The zero-order valence-corrected chi connectivity index (χ0v) is 21.3. The van der Waals surface area contributed by atoms with Crippen LogP contribution in [0.15, 0.2) is 36.5 Å². The van der Waals surface area contributed by atoms with Crippen LogP contribution in [0.4, 0.5) is 23.8 Å². The van der Waals surface area contributed by atoms with E-state index in [4.69, 9.17) is 9.72 Å². The standard InChI is InChI=1S/C27H31F3N6O2/c1-15(2)22-14-32-36-24(11-23(34-25(22)36)16-3-5-17(6-4-16)27(28,29)30)33-18-9-19-7-8-20(10-18)35(19)26(37)38-21-12-31-13-21/h3-6,11,14-15,18-21,31,33H,7-10,12-13H2,1-2H3. The molecule has 2 aromatic heterocycles. The summed E-state index contributed by atoms with van der Waals surface area (Å²) in [6.45, 7) is 5.53. The molecule has 6 rings (SSSR count). The van der Waals surface area contributed by atoms with Crippen molar-refractivity contribution in [1.82, 2.24) is 24.8 Å². The summed E-state index contributed by atoms with van der Waals surface area (Å²) in [5, 5.41) is 11.3. The lowest BCUT2D eigenvalue weighted by molar-refractivity contribution is -0.137. The van der Waals surface area contributed by atoms with Crippen LogP contribution >= 0.6 is 0 Å². The molecule has 0 saturated carbocycles. The van der Waals surface area contributed by atoms with Crippen molar-refractivity contribution in [2.45, 2.75) is 75.9 Å². The Morgan fingerprint density at radius 3 is 2.39 bits per heavy atom. The van der Waals surface area contributed by atoms with Crippen molar-refractivity contribution in [2.75, 3.05) is 18.4 Å². The third kappa shape index (κ3) is 4.57. The van der Waals surface area contributed by atoms with Crippen LogP contribution in [0.2, 0.25) is 0 Å². The first-order valence-electron chi connectivity index (χ1n) is 13.2. The van der Waals surface area contributed by atoms with Crippen LogP contribution < -0.4 is 10.6 Å². The van der Waals surface area contributed by atoms with E-state index < -0.39 is 11.7 Å². The lowest BCUT2D eigenvalue weighted by Gasteiger charge is -2.40. The van der Waals surface area contributed by atoms with Crippen molar-refractivity contribution >= 4 is 17.6 Å². The second kappa shape index (κ2) is 9.44. The van der Waals surface area contributed by atoms with E-state index >= 15 is 0 Å². The van der Waals surface area contributed by atoms with Crippen molar-refractivity contribution in [2.24, 2.45) is 0 Å². The van der Waals surface area contributed by atoms with Gasteiger partial charge in [-0.2, -0.15) is 22.8 Å². The molecule has 11 heteroatoms. The normalized spacial score (nSPS) is 23.6. The molecule has 2 unspecified atom stereocenters. The topological polar surface area (TPSA) is 83.8 Å². The van der Waals surface area contributed by atoms with E-state index in [-0.39, 0.29) is 36.2 Å². The highest BCUT2D eigenvalue weighted by Gasteiger charge is 2.45. The van der Waals surface area contributed by atoms with E-state index in [1.54, 1.807) is 10.7 Å². The molecular weight excluding hydrogens is 497 g/mol. The molecule has 3 fully saturated rings. The van der Waals surface area contributed by atoms with Crippen molar-refractivity contribution in [3.8, 4) is 11.3 Å². The van der Waals surface area contributed by atoms with Gasteiger partial charge in [0.05, 0.1) is 17.5 Å². The Kier molecular flexibility index (Phi) is 6.20. The summed E-state index contributed by atoms with van der Waals surface area (Å²) in [4.78, 5) is 19.5. The minimum absolute atomic E-state index is 0.0403. The van der Waals surface area contributed by atoms with E-state index in [2.05, 4.69) is 29.6 Å². The zero-order valence-electron chi connectivity index (χ0n) is 21.3. The highest BCUT2D eigenvalue weighted by Crippen LogP contribution is 2.38. The van der Waals surface area contributed by atoms with Crippen LogP contribution in [-0.2, 0) is 10.9 Å². The lowest BCUT2D eigenvalue weighted by Crippen LogP contribution is -2.55. The number of piperidine rings is 1. The van der Waals surface area contributed by atoms with Crippen molar-refractivity contribution in [1.29, 1.82) is 0 Å². The molecule has 3 aliphatic heterocycles. The van der Waals surface area contributed by atoms with E-state index in [0.29, 0.717) is 30.0 Å². The van der Waals surface area contributed by atoms with Crippen molar-refractivity contribution in [3.05, 3.63) is 47.7 Å². The molecular formula is C27H31F3N6O2. The smallest absolute Gasteiger partial charge is 0.416 e. The summed E-state index contributed by atoms with van der Waals surface area (Å²) < 4.78 is 46.8. The molecule has 3 aliphatic rings. The van der Waals surface area contributed by atoms with Gasteiger partial charge in [0.15, 0.2) is 5.65 Å². The Bertz CT molecular complexity index is 1320. The van der Waals surface area contributed by atoms with Crippen LogP contribution in [0.25, 0.3) is 16.9 Å². The first kappa shape index (κ1) is 25.0. The number of halogens is 3. The monoisotopic (exact) mass is 528 g/mol. The molecule has 0 spiro atoms. The number of fused-ring (bicyclic) bond motifs is 3. The molecule has 3 saturated heterocycles. The number of aromatic nitrogens is 3. The number of hydrogen-bond acceptors (Lipinski definition) is 6. The maximum Gasteiger partial charge on any atom is 0.416 e. The van der Waals surface area contributed by atoms with Gasteiger partial charge >= 0.3 is 12.3 Å². The molecule has 38 heavy (non-hydrogen) atoms. The molecule has 0 radical (unpaired) electrons. The van der Waals surface area contributed by atoms with Gasteiger partial charge in [0.1, 0.15) is 11.9 Å². The molecule has 1 amide bonds. The number of amides is 1. The molecule has 8 nitrogen and oxygen atoms in total.